The van der Waals surface area contributed by atoms with E-state index in [9.17, 15) is 9.59 Å². The van der Waals surface area contributed by atoms with Gasteiger partial charge >= 0.3 is 0 Å². The van der Waals surface area contributed by atoms with Crippen LogP contribution in [0.1, 0.15) is 5.69 Å². The largest absolute Gasteiger partial charge is 0.492 e. The van der Waals surface area contributed by atoms with Crippen LogP contribution in [0.15, 0.2) is 64.9 Å². The number of hydrogen-bond donors (Lipinski definition) is 1. The summed E-state index contributed by atoms with van der Waals surface area (Å²) in [7, 11) is 0. The first kappa shape index (κ1) is 19.5. The molecule has 0 spiro atoms. The number of carbonyl (C=O) groups excluding carboxylic acids is 1. The van der Waals surface area contributed by atoms with Gasteiger partial charge in [0.15, 0.2) is 4.96 Å². The minimum Gasteiger partial charge on any atom is -0.492 e. The van der Waals surface area contributed by atoms with Crippen LogP contribution >= 0.6 is 23.1 Å². The zero-order valence-corrected chi connectivity index (χ0v) is 17.2. The van der Waals surface area contributed by atoms with Crippen LogP contribution in [0.4, 0.5) is 0 Å². The van der Waals surface area contributed by atoms with Gasteiger partial charge in [0, 0.05) is 23.4 Å². The maximum atomic E-state index is 12.0. The Bertz CT molecular complexity index is 1200. The fraction of sp³-hybridized carbons (Fsp3) is 0.190. The molecule has 1 amide bonds. The molecule has 4 rings (SSSR count). The second-order valence-electron chi connectivity index (χ2n) is 6.34. The fourth-order valence-corrected chi connectivity index (χ4v) is 4.36. The van der Waals surface area contributed by atoms with E-state index in [0.717, 1.165) is 11.1 Å². The van der Waals surface area contributed by atoms with E-state index >= 15 is 0 Å². The number of hydrogen-bond acceptors (Lipinski definition) is 6. The molecule has 0 saturated carbocycles. The molecule has 29 heavy (non-hydrogen) atoms. The molecule has 148 valence electrons. The summed E-state index contributed by atoms with van der Waals surface area (Å²) in [5, 5.41) is 6.96. The molecule has 0 unspecified atom stereocenters. The van der Waals surface area contributed by atoms with Crippen LogP contribution < -0.4 is 15.6 Å². The number of nitrogens with one attached hydrogen (secondary N) is 1. The van der Waals surface area contributed by atoms with Gasteiger partial charge in [-0.05, 0) is 22.9 Å². The lowest BCUT2D eigenvalue weighted by atomic mass is 10.1. The minimum absolute atomic E-state index is 0.0639. The van der Waals surface area contributed by atoms with Crippen molar-refractivity contribution in [2.75, 3.05) is 18.9 Å². The highest BCUT2D eigenvalue weighted by molar-refractivity contribution is 7.99. The van der Waals surface area contributed by atoms with Gasteiger partial charge in [-0.2, -0.15) is 0 Å². The predicted molar refractivity (Wildman–Crippen MR) is 118 cm³/mol. The van der Waals surface area contributed by atoms with Crippen LogP contribution in [0.5, 0.6) is 5.75 Å². The molecule has 0 aliphatic rings. The summed E-state index contributed by atoms with van der Waals surface area (Å²) in [5.74, 6) is 1.55. The van der Waals surface area contributed by atoms with Crippen LogP contribution in [-0.2, 0) is 10.5 Å². The molecule has 0 radical (unpaired) electrons. The molecular weight excluding hydrogens is 406 g/mol. The summed E-state index contributed by atoms with van der Waals surface area (Å²) < 4.78 is 7.23. The summed E-state index contributed by atoms with van der Waals surface area (Å²) in [6.45, 7) is 0.842. The molecule has 6 nitrogen and oxygen atoms in total. The second-order valence-corrected chi connectivity index (χ2v) is 8.20. The van der Waals surface area contributed by atoms with Gasteiger partial charge in [-0.25, -0.2) is 4.98 Å². The number of amides is 1. The SMILES string of the molecule is O=C(CSCc1cc(=O)n2ccsc2n1)NCCOc1ccc2ccccc2c1. The zero-order chi connectivity index (χ0) is 20.1. The first-order chi connectivity index (χ1) is 14.2. The van der Waals surface area contributed by atoms with Crippen molar-refractivity contribution in [1.29, 1.82) is 0 Å². The van der Waals surface area contributed by atoms with E-state index in [1.54, 1.807) is 6.20 Å². The quantitative estimate of drug-likeness (QED) is 0.439. The van der Waals surface area contributed by atoms with E-state index in [4.69, 9.17) is 4.74 Å². The highest BCUT2D eigenvalue weighted by Crippen LogP contribution is 2.20. The number of nitrogens with zero attached hydrogens (tertiary/aromatic N) is 2. The lowest BCUT2D eigenvalue weighted by molar-refractivity contribution is -0.118. The normalized spacial score (nSPS) is 11.0. The standard InChI is InChI=1S/C21H19N3O3S2/c25-19(14-28-13-17-12-20(26)24-8-10-29-21(24)23-17)22-7-9-27-18-6-5-15-3-1-2-4-16(15)11-18/h1-6,8,10-12H,7,9,13-14H2,(H,22,25). The van der Waals surface area contributed by atoms with Crippen LogP contribution in [0, 0.1) is 0 Å². The van der Waals surface area contributed by atoms with Gasteiger partial charge in [-0.15, -0.1) is 23.1 Å². The fourth-order valence-electron chi connectivity index (χ4n) is 2.88. The van der Waals surface area contributed by atoms with E-state index < -0.39 is 0 Å². The number of ether oxygens (including phenoxy) is 1. The third-order valence-corrected chi connectivity index (χ3v) is 5.98. The Labute approximate surface area is 175 Å². The van der Waals surface area contributed by atoms with E-state index in [0.29, 0.717) is 35.3 Å². The predicted octanol–water partition coefficient (Wildman–Crippen LogP) is 3.34. The summed E-state index contributed by atoms with van der Waals surface area (Å²) >= 11 is 2.85. The first-order valence-corrected chi connectivity index (χ1v) is 11.1. The Morgan fingerprint density at radius 2 is 2.03 bits per heavy atom. The van der Waals surface area contributed by atoms with Gasteiger partial charge in [-0.3, -0.25) is 14.0 Å². The van der Waals surface area contributed by atoms with Crippen molar-refractivity contribution in [1.82, 2.24) is 14.7 Å². The number of thioether (sulfide) groups is 1. The maximum absolute atomic E-state index is 12.0. The minimum atomic E-state index is -0.0952. The average molecular weight is 426 g/mol. The number of benzene rings is 2. The average Bonchev–Trinajstić information content (AvgIpc) is 3.20. The van der Waals surface area contributed by atoms with Crippen molar-refractivity contribution >= 4 is 44.7 Å². The highest BCUT2D eigenvalue weighted by atomic mass is 32.2. The molecule has 0 aliphatic heterocycles. The third kappa shape index (κ3) is 4.96. The molecule has 0 bridgehead atoms. The van der Waals surface area contributed by atoms with Gasteiger partial charge in [0.1, 0.15) is 12.4 Å². The van der Waals surface area contributed by atoms with Gasteiger partial charge in [0.25, 0.3) is 5.56 Å². The van der Waals surface area contributed by atoms with Crippen molar-refractivity contribution in [3.05, 3.63) is 76.2 Å². The van der Waals surface area contributed by atoms with Crippen LogP contribution in [0.3, 0.4) is 0 Å². The highest BCUT2D eigenvalue weighted by Gasteiger charge is 2.06. The van der Waals surface area contributed by atoms with Gasteiger partial charge < -0.3 is 10.1 Å². The van der Waals surface area contributed by atoms with Crippen LogP contribution in [0.25, 0.3) is 15.7 Å². The molecule has 0 fully saturated rings. The van der Waals surface area contributed by atoms with Crippen molar-refractivity contribution in [3.63, 3.8) is 0 Å². The van der Waals surface area contributed by atoms with Crippen LogP contribution in [-0.4, -0.2) is 34.2 Å². The van der Waals surface area contributed by atoms with Crippen molar-refractivity contribution in [2.45, 2.75) is 5.75 Å². The van der Waals surface area contributed by atoms with Gasteiger partial charge in [0.05, 0.1) is 18.0 Å². The summed E-state index contributed by atoms with van der Waals surface area (Å²) in [6, 6.07) is 15.6. The molecule has 1 N–H and O–H groups in total. The van der Waals surface area contributed by atoms with E-state index in [1.165, 1.54) is 39.0 Å². The molecule has 2 aromatic carbocycles. The molecule has 0 aliphatic carbocycles. The molecule has 2 heterocycles. The first-order valence-electron chi connectivity index (χ1n) is 9.11. The number of rotatable bonds is 8. The van der Waals surface area contributed by atoms with Crippen molar-refractivity contribution in [2.24, 2.45) is 0 Å². The van der Waals surface area contributed by atoms with E-state index in [1.807, 2.05) is 41.8 Å². The molecular formula is C21H19N3O3S2. The van der Waals surface area contributed by atoms with Gasteiger partial charge in [-0.1, -0.05) is 30.3 Å². The molecule has 2 aromatic heterocycles. The number of aromatic nitrogens is 2. The number of fused-ring (bicyclic) bond motifs is 2. The van der Waals surface area contributed by atoms with Crippen molar-refractivity contribution < 1.29 is 9.53 Å². The maximum Gasteiger partial charge on any atom is 0.258 e. The van der Waals surface area contributed by atoms with Gasteiger partial charge in [0.2, 0.25) is 5.91 Å². The second kappa shape index (κ2) is 9.11. The Morgan fingerprint density at radius 3 is 2.93 bits per heavy atom. The lowest BCUT2D eigenvalue weighted by Crippen LogP contribution is -2.29. The summed E-state index contributed by atoms with van der Waals surface area (Å²) in [6.07, 6.45) is 1.71. The number of thiazole rings is 1. The van der Waals surface area contributed by atoms with E-state index in [2.05, 4.69) is 16.4 Å². The smallest absolute Gasteiger partial charge is 0.258 e. The Morgan fingerprint density at radius 1 is 1.17 bits per heavy atom. The summed E-state index contributed by atoms with van der Waals surface area (Å²) in [5.41, 5.74) is 0.594. The monoisotopic (exact) mass is 425 g/mol. The summed E-state index contributed by atoms with van der Waals surface area (Å²) in [4.78, 5) is 29.0. The molecule has 0 saturated heterocycles. The Balaban J connectivity index is 1.18. The topological polar surface area (TPSA) is 72.7 Å². The number of carbonyl (C=O) groups is 1. The lowest BCUT2D eigenvalue weighted by Gasteiger charge is -2.08. The molecule has 0 atom stereocenters. The molecule has 4 aromatic rings. The zero-order valence-electron chi connectivity index (χ0n) is 15.5. The van der Waals surface area contributed by atoms with Crippen molar-refractivity contribution in [3.8, 4) is 5.75 Å². The van der Waals surface area contributed by atoms with E-state index in [-0.39, 0.29) is 11.5 Å². The van der Waals surface area contributed by atoms with Crippen LogP contribution in [0.2, 0.25) is 0 Å². The Hall–Kier alpha value is -2.84. The molecule has 8 heteroatoms. The Kier molecular flexibility index (Phi) is 6.12. The third-order valence-electron chi connectivity index (χ3n) is 4.25.